The third kappa shape index (κ3) is 2.43. The molecule has 0 unspecified atom stereocenters. The Morgan fingerprint density at radius 3 is 2.83 bits per heavy atom. The lowest BCUT2D eigenvalue weighted by molar-refractivity contribution is 0.0993. The summed E-state index contributed by atoms with van der Waals surface area (Å²) < 4.78 is 0. The van der Waals surface area contributed by atoms with E-state index in [2.05, 4.69) is 4.98 Å². The summed E-state index contributed by atoms with van der Waals surface area (Å²) in [5.41, 5.74) is 7.24. The van der Waals surface area contributed by atoms with E-state index in [1.807, 2.05) is 0 Å². The van der Waals surface area contributed by atoms with Crippen molar-refractivity contribution >= 4 is 28.9 Å². The first-order chi connectivity index (χ1) is 8.59. The number of aromatic nitrogens is 1. The van der Waals surface area contributed by atoms with Crippen LogP contribution < -0.4 is 10.6 Å². The SMILES string of the molecule is CN(C(=O)c1cc(N)ccc1Cl)c1cccnc1. The molecule has 2 rings (SSSR count). The summed E-state index contributed by atoms with van der Waals surface area (Å²) in [5, 5.41) is 0.380. The summed E-state index contributed by atoms with van der Waals surface area (Å²) in [6.45, 7) is 0. The Hall–Kier alpha value is -2.07. The number of hydrogen-bond donors (Lipinski definition) is 1. The fourth-order valence-electron chi connectivity index (χ4n) is 1.56. The third-order valence-corrected chi connectivity index (χ3v) is 2.89. The van der Waals surface area contributed by atoms with Gasteiger partial charge in [0.05, 0.1) is 22.5 Å². The predicted octanol–water partition coefficient (Wildman–Crippen LogP) is 2.59. The van der Waals surface area contributed by atoms with Gasteiger partial charge in [0.1, 0.15) is 0 Å². The van der Waals surface area contributed by atoms with Crippen molar-refractivity contribution < 1.29 is 4.79 Å². The third-order valence-electron chi connectivity index (χ3n) is 2.56. The van der Waals surface area contributed by atoms with Crippen molar-refractivity contribution in [1.82, 2.24) is 4.98 Å². The maximum absolute atomic E-state index is 12.3. The summed E-state index contributed by atoms with van der Waals surface area (Å²) in [6.07, 6.45) is 3.26. The number of anilines is 2. The quantitative estimate of drug-likeness (QED) is 0.846. The summed E-state index contributed by atoms with van der Waals surface area (Å²) in [5.74, 6) is -0.222. The van der Waals surface area contributed by atoms with Gasteiger partial charge in [-0.3, -0.25) is 9.78 Å². The van der Waals surface area contributed by atoms with Gasteiger partial charge in [-0.25, -0.2) is 0 Å². The van der Waals surface area contributed by atoms with Crippen molar-refractivity contribution in [3.8, 4) is 0 Å². The lowest BCUT2D eigenvalue weighted by atomic mass is 10.1. The first-order valence-electron chi connectivity index (χ1n) is 5.32. The van der Waals surface area contributed by atoms with Crippen LogP contribution in [-0.2, 0) is 0 Å². The van der Waals surface area contributed by atoms with Gasteiger partial charge in [-0.05, 0) is 30.3 Å². The zero-order valence-electron chi connectivity index (χ0n) is 9.80. The normalized spacial score (nSPS) is 10.1. The molecule has 0 fully saturated rings. The van der Waals surface area contributed by atoms with Gasteiger partial charge in [-0.15, -0.1) is 0 Å². The van der Waals surface area contributed by atoms with Crippen LogP contribution in [0.2, 0.25) is 5.02 Å². The first-order valence-corrected chi connectivity index (χ1v) is 5.70. The van der Waals surface area contributed by atoms with Crippen molar-refractivity contribution in [2.75, 3.05) is 17.7 Å². The molecule has 0 aliphatic carbocycles. The molecule has 18 heavy (non-hydrogen) atoms. The van der Waals surface area contributed by atoms with E-state index >= 15 is 0 Å². The van der Waals surface area contributed by atoms with E-state index in [1.54, 1.807) is 49.8 Å². The molecular formula is C13H12ClN3O. The molecule has 0 saturated carbocycles. The Labute approximate surface area is 110 Å². The van der Waals surface area contributed by atoms with Gasteiger partial charge in [0.25, 0.3) is 5.91 Å². The molecule has 0 radical (unpaired) electrons. The van der Waals surface area contributed by atoms with Crippen LogP contribution in [0.4, 0.5) is 11.4 Å². The number of rotatable bonds is 2. The van der Waals surface area contributed by atoms with Crippen LogP contribution in [0.3, 0.4) is 0 Å². The first kappa shape index (κ1) is 12.4. The summed E-state index contributed by atoms with van der Waals surface area (Å²) >= 11 is 6.00. The van der Waals surface area contributed by atoms with Crippen molar-refractivity contribution in [3.05, 3.63) is 53.3 Å². The highest BCUT2D eigenvalue weighted by Crippen LogP contribution is 2.22. The highest BCUT2D eigenvalue weighted by Gasteiger charge is 2.16. The van der Waals surface area contributed by atoms with Crippen LogP contribution in [0, 0.1) is 0 Å². The lowest BCUT2D eigenvalue weighted by Crippen LogP contribution is -2.26. The van der Waals surface area contributed by atoms with Crippen molar-refractivity contribution in [2.45, 2.75) is 0 Å². The topological polar surface area (TPSA) is 59.2 Å². The second-order valence-corrected chi connectivity index (χ2v) is 4.22. The number of amides is 1. The number of hydrogen-bond acceptors (Lipinski definition) is 3. The molecule has 0 bridgehead atoms. The van der Waals surface area contributed by atoms with Gasteiger partial charge >= 0.3 is 0 Å². The van der Waals surface area contributed by atoms with Gasteiger partial charge < -0.3 is 10.6 Å². The van der Waals surface area contributed by atoms with E-state index in [0.29, 0.717) is 22.0 Å². The Morgan fingerprint density at radius 1 is 1.39 bits per heavy atom. The number of nitrogens with two attached hydrogens (primary N) is 1. The predicted molar refractivity (Wildman–Crippen MR) is 72.8 cm³/mol. The zero-order valence-corrected chi connectivity index (χ0v) is 10.6. The standard InChI is InChI=1S/C13H12ClN3O/c1-17(10-3-2-6-16-8-10)13(18)11-7-9(15)4-5-12(11)14/h2-8H,15H2,1H3. The van der Waals surface area contributed by atoms with E-state index in [4.69, 9.17) is 17.3 Å². The molecule has 1 aromatic carbocycles. The molecular weight excluding hydrogens is 250 g/mol. The molecule has 0 saturated heterocycles. The van der Waals surface area contributed by atoms with Crippen LogP contribution in [0.5, 0.6) is 0 Å². The Morgan fingerprint density at radius 2 is 2.17 bits per heavy atom. The number of nitrogen functional groups attached to an aromatic ring is 1. The van der Waals surface area contributed by atoms with Crippen molar-refractivity contribution in [1.29, 1.82) is 0 Å². The number of pyridine rings is 1. The zero-order chi connectivity index (χ0) is 13.1. The van der Waals surface area contributed by atoms with Crippen LogP contribution in [0.15, 0.2) is 42.7 Å². The molecule has 1 heterocycles. The van der Waals surface area contributed by atoms with E-state index in [1.165, 1.54) is 4.90 Å². The molecule has 4 nitrogen and oxygen atoms in total. The highest BCUT2D eigenvalue weighted by atomic mass is 35.5. The number of carbonyl (C=O) groups is 1. The minimum atomic E-state index is -0.222. The van der Waals surface area contributed by atoms with Gasteiger partial charge in [0, 0.05) is 18.9 Å². The molecule has 1 amide bonds. The average molecular weight is 262 g/mol. The maximum Gasteiger partial charge on any atom is 0.259 e. The summed E-state index contributed by atoms with van der Waals surface area (Å²) in [7, 11) is 1.67. The second kappa shape index (κ2) is 5.06. The molecule has 1 aromatic heterocycles. The number of nitrogens with zero attached hydrogens (tertiary/aromatic N) is 2. The van der Waals surface area contributed by atoms with Gasteiger partial charge in [-0.1, -0.05) is 11.6 Å². The molecule has 92 valence electrons. The highest BCUT2D eigenvalue weighted by molar-refractivity contribution is 6.34. The lowest BCUT2D eigenvalue weighted by Gasteiger charge is -2.17. The van der Waals surface area contributed by atoms with Gasteiger partial charge in [0.15, 0.2) is 0 Å². The number of benzene rings is 1. The molecule has 2 N–H and O–H groups in total. The van der Waals surface area contributed by atoms with Crippen LogP contribution in [0.1, 0.15) is 10.4 Å². The Kier molecular flexibility index (Phi) is 3.48. The number of halogens is 1. The average Bonchev–Trinajstić information content (AvgIpc) is 2.41. The fourth-order valence-corrected chi connectivity index (χ4v) is 1.76. The van der Waals surface area contributed by atoms with Crippen molar-refractivity contribution in [3.63, 3.8) is 0 Å². The largest absolute Gasteiger partial charge is 0.399 e. The van der Waals surface area contributed by atoms with Gasteiger partial charge in [0.2, 0.25) is 0 Å². The molecule has 0 aliphatic heterocycles. The molecule has 2 aromatic rings. The fraction of sp³-hybridized carbons (Fsp3) is 0.0769. The van der Waals surface area contributed by atoms with E-state index < -0.39 is 0 Å². The maximum atomic E-state index is 12.3. The van der Waals surface area contributed by atoms with Crippen LogP contribution in [-0.4, -0.2) is 17.9 Å². The number of carbonyl (C=O) groups excluding carboxylic acids is 1. The van der Waals surface area contributed by atoms with Gasteiger partial charge in [-0.2, -0.15) is 0 Å². The van der Waals surface area contributed by atoms with E-state index in [-0.39, 0.29) is 5.91 Å². The monoisotopic (exact) mass is 261 g/mol. The molecule has 0 aliphatic rings. The van der Waals surface area contributed by atoms with E-state index in [0.717, 1.165) is 0 Å². The van der Waals surface area contributed by atoms with Crippen LogP contribution >= 0.6 is 11.6 Å². The Bertz CT molecular complexity index is 572. The molecule has 0 atom stereocenters. The molecule has 0 spiro atoms. The minimum absolute atomic E-state index is 0.222. The summed E-state index contributed by atoms with van der Waals surface area (Å²) in [6, 6.07) is 8.40. The second-order valence-electron chi connectivity index (χ2n) is 3.81. The van der Waals surface area contributed by atoms with Crippen molar-refractivity contribution in [2.24, 2.45) is 0 Å². The summed E-state index contributed by atoms with van der Waals surface area (Å²) in [4.78, 5) is 17.7. The van der Waals surface area contributed by atoms with Crippen LogP contribution in [0.25, 0.3) is 0 Å². The van der Waals surface area contributed by atoms with E-state index in [9.17, 15) is 4.79 Å². The Balaban J connectivity index is 2.34. The smallest absolute Gasteiger partial charge is 0.259 e. The minimum Gasteiger partial charge on any atom is -0.399 e. The molecule has 5 heteroatoms.